The van der Waals surface area contributed by atoms with Gasteiger partial charge in [0.1, 0.15) is 12.1 Å². The molecule has 0 radical (unpaired) electrons. The van der Waals surface area contributed by atoms with Crippen molar-refractivity contribution in [3.8, 4) is 0 Å². The van der Waals surface area contributed by atoms with Crippen molar-refractivity contribution < 1.29 is 24.6 Å². The van der Waals surface area contributed by atoms with Crippen LogP contribution in [0.5, 0.6) is 0 Å². The summed E-state index contributed by atoms with van der Waals surface area (Å²) in [7, 11) is 0. The monoisotopic (exact) mass is 386 g/mol. The molecule has 2 rings (SSSR count). The molecule has 0 heterocycles. The van der Waals surface area contributed by atoms with Gasteiger partial charge >= 0.3 is 11.9 Å². The zero-order valence-electron chi connectivity index (χ0n) is 16.0. The maximum absolute atomic E-state index is 12.3. The molecule has 2 aromatic rings. The van der Waals surface area contributed by atoms with Crippen LogP contribution < -0.4 is 10.6 Å². The van der Waals surface area contributed by atoms with E-state index < -0.39 is 24.0 Å². The summed E-state index contributed by atoms with van der Waals surface area (Å²) in [4.78, 5) is 35.2. The number of hydrogen-bond donors (Lipinski definition) is 4. The van der Waals surface area contributed by atoms with Crippen LogP contribution in [0.25, 0.3) is 10.8 Å². The summed E-state index contributed by atoms with van der Waals surface area (Å²) in [5, 5.41) is 26.0. The molecule has 7 nitrogen and oxygen atoms in total. The highest BCUT2D eigenvalue weighted by Gasteiger charge is 2.26. The lowest BCUT2D eigenvalue weighted by atomic mass is 10.0. The van der Waals surface area contributed by atoms with Crippen LogP contribution in [0.15, 0.2) is 42.5 Å². The number of amides is 1. The lowest BCUT2D eigenvalue weighted by Gasteiger charge is -2.21. The molecule has 4 N–H and O–H groups in total. The Hall–Kier alpha value is -2.93. The third-order valence-electron chi connectivity index (χ3n) is 4.44. The van der Waals surface area contributed by atoms with Gasteiger partial charge in [-0.1, -0.05) is 44.2 Å². The summed E-state index contributed by atoms with van der Waals surface area (Å²) in [6.07, 6.45) is 0.402. The smallest absolute Gasteiger partial charge is 0.320 e. The molecule has 0 aromatic heterocycles. The van der Waals surface area contributed by atoms with Gasteiger partial charge in [-0.15, -0.1) is 0 Å². The van der Waals surface area contributed by atoms with Gasteiger partial charge in [-0.25, -0.2) is 0 Å². The zero-order valence-corrected chi connectivity index (χ0v) is 16.0. The van der Waals surface area contributed by atoms with Crippen LogP contribution in [0, 0.1) is 5.92 Å². The maximum atomic E-state index is 12.3. The molecule has 0 aliphatic heterocycles. The SMILES string of the molecule is CC(C)CC(NC(CCNC(=O)c1ccc2ccccc2c1)C(=O)O)C(=O)O. The van der Waals surface area contributed by atoms with E-state index in [2.05, 4.69) is 10.6 Å². The van der Waals surface area contributed by atoms with Gasteiger partial charge in [0.15, 0.2) is 0 Å². The predicted octanol–water partition coefficient (Wildman–Crippen LogP) is 2.50. The van der Waals surface area contributed by atoms with Crippen molar-refractivity contribution >= 4 is 28.6 Å². The number of rotatable bonds is 10. The Kier molecular flexibility index (Phi) is 7.52. The van der Waals surface area contributed by atoms with Gasteiger partial charge in [0.05, 0.1) is 0 Å². The molecule has 2 aromatic carbocycles. The van der Waals surface area contributed by atoms with Gasteiger partial charge in [0.25, 0.3) is 5.91 Å². The largest absolute Gasteiger partial charge is 0.480 e. The molecule has 0 saturated carbocycles. The average molecular weight is 386 g/mol. The first-order valence-electron chi connectivity index (χ1n) is 9.26. The highest BCUT2D eigenvalue weighted by molar-refractivity contribution is 5.98. The number of fused-ring (bicyclic) bond motifs is 1. The quantitative estimate of drug-likeness (QED) is 0.499. The van der Waals surface area contributed by atoms with Gasteiger partial charge in [0.2, 0.25) is 0 Å². The van der Waals surface area contributed by atoms with Crippen LogP contribution in [0.4, 0.5) is 0 Å². The first kappa shape index (κ1) is 21.4. The molecule has 0 spiro atoms. The predicted molar refractivity (Wildman–Crippen MR) is 106 cm³/mol. The zero-order chi connectivity index (χ0) is 20.7. The summed E-state index contributed by atoms with van der Waals surface area (Å²) >= 11 is 0. The molecule has 0 fully saturated rings. The lowest BCUT2D eigenvalue weighted by molar-refractivity contribution is -0.143. The fourth-order valence-electron chi connectivity index (χ4n) is 3.00. The van der Waals surface area contributed by atoms with Gasteiger partial charge in [-0.3, -0.25) is 19.7 Å². The molecule has 28 heavy (non-hydrogen) atoms. The lowest BCUT2D eigenvalue weighted by Crippen LogP contribution is -2.49. The van der Waals surface area contributed by atoms with Crippen LogP contribution in [0.2, 0.25) is 0 Å². The van der Waals surface area contributed by atoms with E-state index in [9.17, 15) is 24.6 Å². The molecule has 1 amide bonds. The molecule has 0 aliphatic carbocycles. The molecule has 2 atom stereocenters. The van der Waals surface area contributed by atoms with Crippen LogP contribution in [0.3, 0.4) is 0 Å². The Morgan fingerprint density at radius 1 is 0.929 bits per heavy atom. The van der Waals surface area contributed by atoms with E-state index in [-0.39, 0.29) is 24.8 Å². The minimum atomic E-state index is -1.14. The molecule has 150 valence electrons. The standard InChI is InChI=1S/C21H26N2O5/c1-13(2)11-18(21(27)28)23-17(20(25)26)9-10-22-19(24)16-8-7-14-5-3-4-6-15(14)12-16/h3-8,12-13,17-18,23H,9-11H2,1-2H3,(H,22,24)(H,25,26)(H,27,28). The van der Waals surface area contributed by atoms with Crippen molar-refractivity contribution in [1.29, 1.82) is 0 Å². The van der Waals surface area contributed by atoms with Crippen LogP contribution in [-0.4, -0.2) is 46.7 Å². The second-order valence-corrected chi connectivity index (χ2v) is 7.18. The Bertz CT molecular complexity index is 850. The van der Waals surface area contributed by atoms with Gasteiger partial charge in [-0.2, -0.15) is 0 Å². The van der Waals surface area contributed by atoms with Gasteiger partial charge in [-0.05, 0) is 41.7 Å². The molecule has 0 aliphatic rings. The average Bonchev–Trinajstić information content (AvgIpc) is 2.65. The normalized spacial score (nSPS) is 13.2. The van der Waals surface area contributed by atoms with E-state index in [0.717, 1.165) is 10.8 Å². The fourth-order valence-corrected chi connectivity index (χ4v) is 3.00. The Morgan fingerprint density at radius 3 is 2.18 bits per heavy atom. The summed E-state index contributed by atoms with van der Waals surface area (Å²) < 4.78 is 0. The number of carboxylic acids is 2. The third kappa shape index (κ3) is 6.06. The number of carboxylic acid groups (broad SMARTS) is 2. The summed E-state index contributed by atoms with van der Waals surface area (Å²) in [6, 6.07) is 11.0. The Labute approximate surface area is 163 Å². The highest BCUT2D eigenvalue weighted by atomic mass is 16.4. The van der Waals surface area contributed by atoms with E-state index in [4.69, 9.17) is 0 Å². The Balaban J connectivity index is 1.94. The van der Waals surface area contributed by atoms with Gasteiger partial charge < -0.3 is 15.5 Å². The second kappa shape index (κ2) is 9.85. The van der Waals surface area contributed by atoms with E-state index in [1.54, 1.807) is 12.1 Å². The van der Waals surface area contributed by atoms with E-state index >= 15 is 0 Å². The van der Waals surface area contributed by atoms with E-state index in [1.807, 2.05) is 44.2 Å². The van der Waals surface area contributed by atoms with Crippen molar-refractivity contribution in [3.05, 3.63) is 48.0 Å². The molecule has 0 bridgehead atoms. The van der Waals surface area contributed by atoms with Crippen LogP contribution in [0.1, 0.15) is 37.0 Å². The number of aliphatic carboxylic acids is 2. The summed E-state index contributed by atoms with van der Waals surface area (Å²) in [6.45, 7) is 3.86. The van der Waals surface area contributed by atoms with Crippen molar-refractivity contribution in [2.24, 2.45) is 5.92 Å². The van der Waals surface area contributed by atoms with Crippen molar-refractivity contribution in [2.75, 3.05) is 6.54 Å². The highest BCUT2D eigenvalue weighted by Crippen LogP contribution is 2.15. The molecule has 7 heteroatoms. The molecular weight excluding hydrogens is 360 g/mol. The first-order chi connectivity index (χ1) is 13.3. The summed E-state index contributed by atoms with van der Waals surface area (Å²) in [5.41, 5.74) is 0.488. The van der Waals surface area contributed by atoms with Gasteiger partial charge in [0, 0.05) is 12.1 Å². The number of hydrogen-bond acceptors (Lipinski definition) is 4. The maximum Gasteiger partial charge on any atom is 0.320 e. The van der Waals surface area contributed by atoms with E-state index in [0.29, 0.717) is 12.0 Å². The third-order valence-corrected chi connectivity index (χ3v) is 4.44. The van der Waals surface area contributed by atoms with Crippen LogP contribution >= 0.6 is 0 Å². The van der Waals surface area contributed by atoms with Crippen molar-refractivity contribution in [3.63, 3.8) is 0 Å². The minimum Gasteiger partial charge on any atom is -0.480 e. The summed E-state index contributed by atoms with van der Waals surface area (Å²) in [5.74, 6) is -2.42. The van der Waals surface area contributed by atoms with Crippen molar-refractivity contribution in [1.82, 2.24) is 10.6 Å². The minimum absolute atomic E-state index is 0.0799. The topological polar surface area (TPSA) is 116 Å². The van der Waals surface area contributed by atoms with Crippen LogP contribution in [-0.2, 0) is 9.59 Å². The first-order valence-corrected chi connectivity index (χ1v) is 9.26. The number of benzene rings is 2. The molecular formula is C21H26N2O5. The molecule has 2 unspecified atom stereocenters. The number of nitrogens with one attached hydrogen (secondary N) is 2. The van der Waals surface area contributed by atoms with Crippen molar-refractivity contribution in [2.45, 2.75) is 38.8 Å². The fraction of sp³-hybridized carbons (Fsp3) is 0.381. The number of carbonyl (C=O) groups excluding carboxylic acids is 1. The Morgan fingerprint density at radius 2 is 1.57 bits per heavy atom. The second-order valence-electron chi connectivity index (χ2n) is 7.18. The molecule has 0 saturated heterocycles. The van der Waals surface area contributed by atoms with E-state index in [1.165, 1.54) is 0 Å². The number of carbonyl (C=O) groups is 3.